The van der Waals surface area contributed by atoms with E-state index in [0.717, 1.165) is 25.6 Å². The molecule has 1 aromatic carbocycles. The average Bonchev–Trinajstić information content (AvgIpc) is 3.15. The summed E-state index contributed by atoms with van der Waals surface area (Å²) in [5.74, 6) is 0. The molecule has 0 fully saturated rings. The Kier molecular flexibility index (Phi) is 4.53. The first kappa shape index (κ1) is 15.2. The summed E-state index contributed by atoms with van der Waals surface area (Å²) in [6, 6.07) is 12.3. The van der Waals surface area contributed by atoms with Crippen molar-refractivity contribution in [3.63, 3.8) is 0 Å². The van der Waals surface area contributed by atoms with E-state index in [1.165, 1.54) is 16.9 Å². The lowest BCUT2D eigenvalue weighted by molar-refractivity contribution is 1.37. The summed E-state index contributed by atoms with van der Waals surface area (Å²) in [5.41, 5.74) is 3.77. The SMILES string of the molecule is Cc1csc(/C=C(\C#N)c2nc(-c3ccc(Br)cc3)cs2)c1. The first-order valence-corrected chi connectivity index (χ1v) is 9.10. The van der Waals surface area contributed by atoms with Crippen LogP contribution < -0.4 is 0 Å². The Morgan fingerprint density at radius 2 is 2.00 bits per heavy atom. The van der Waals surface area contributed by atoms with Crippen molar-refractivity contribution in [2.24, 2.45) is 0 Å². The molecule has 0 atom stereocenters. The van der Waals surface area contributed by atoms with Crippen LogP contribution in [0.5, 0.6) is 0 Å². The topological polar surface area (TPSA) is 36.7 Å². The van der Waals surface area contributed by atoms with Crippen molar-refractivity contribution in [1.82, 2.24) is 4.98 Å². The highest BCUT2D eigenvalue weighted by molar-refractivity contribution is 9.10. The average molecular weight is 387 g/mol. The number of thiophene rings is 1. The monoisotopic (exact) mass is 386 g/mol. The van der Waals surface area contributed by atoms with Crippen molar-refractivity contribution < 1.29 is 0 Å². The normalized spacial score (nSPS) is 11.4. The number of allylic oxidation sites excluding steroid dienone is 1. The molecule has 5 heteroatoms. The molecule has 2 aromatic heterocycles. The maximum atomic E-state index is 9.41. The first-order valence-electron chi connectivity index (χ1n) is 6.54. The second kappa shape index (κ2) is 6.57. The lowest BCUT2D eigenvalue weighted by Crippen LogP contribution is -1.82. The number of nitriles is 1. The number of hydrogen-bond acceptors (Lipinski definition) is 4. The van der Waals surface area contributed by atoms with Gasteiger partial charge in [-0.3, -0.25) is 0 Å². The summed E-state index contributed by atoms with van der Waals surface area (Å²) in [4.78, 5) is 5.68. The van der Waals surface area contributed by atoms with E-state index >= 15 is 0 Å². The van der Waals surface area contributed by atoms with Crippen molar-refractivity contribution in [1.29, 1.82) is 5.26 Å². The van der Waals surface area contributed by atoms with Crippen molar-refractivity contribution in [3.05, 3.63) is 61.0 Å². The maximum absolute atomic E-state index is 9.41. The van der Waals surface area contributed by atoms with Crippen LogP contribution in [0.3, 0.4) is 0 Å². The van der Waals surface area contributed by atoms with Crippen LogP contribution in [0.1, 0.15) is 15.4 Å². The predicted octanol–water partition coefficient (Wildman–Crippen LogP) is 6.01. The van der Waals surface area contributed by atoms with E-state index < -0.39 is 0 Å². The second-order valence-corrected chi connectivity index (χ2v) is 7.46. The van der Waals surface area contributed by atoms with Crippen molar-refractivity contribution in [3.8, 4) is 17.3 Å². The lowest BCUT2D eigenvalue weighted by atomic mass is 10.2. The van der Waals surface area contributed by atoms with Gasteiger partial charge < -0.3 is 0 Å². The molecule has 0 saturated heterocycles. The van der Waals surface area contributed by atoms with Gasteiger partial charge in [-0.05, 0) is 42.1 Å². The van der Waals surface area contributed by atoms with Gasteiger partial charge in [-0.1, -0.05) is 28.1 Å². The summed E-state index contributed by atoms with van der Waals surface area (Å²) in [5, 5.41) is 14.2. The molecule has 0 N–H and O–H groups in total. The molecule has 0 aliphatic heterocycles. The van der Waals surface area contributed by atoms with Crippen LogP contribution >= 0.6 is 38.6 Å². The van der Waals surface area contributed by atoms with Crippen molar-refractivity contribution in [2.75, 3.05) is 0 Å². The van der Waals surface area contributed by atoms with Crippen LogP contribution in [0.25, 0.3) is 22.9 Å². The van der Waals surface area contributed by atoms with E-state index in [2.05, 4.69) is 45.4 Å². The fourth-order valence-corrected chi connectivity index (χ4v) is 3.85. The molecule has 0 radical (unpaired) electrons. The van der Waals surface area contributed by atoms with Crippen LogP contribution in [0.15, 0.2) is 45.6 Å². The Bertz CT molecular complexity index is 867. The van der Waals surface area contributed by atoms with Gasteiger partial charge in [0.05, 0.1) is 11.3 Å². The van der Waals surface area contributed by atoms with Gasteiger partial charge >= 0.3 is 0 Å². The lowest BCUT2D eigenvalue weighted by Gasteiger charge is -1.96. The van der Waals surface area contributed by atoms with Gasteiger partial charge in [0.1, 0.15) is 11.1 Å². The van der Waals surface area contributed by atoms with E-state index in [4.69, 9.17) is 0 Å². The third kappa shape index (κ3) is 3.36. The molecular weight excluding hydrogens is 376 g/mol. The Hall–Kier alpha value is -1.74. The Balaban J connectivity index is 1.93. The van der Waals surface area contributed by atoms with Crippen LogP contribution in [-0.4, -0.2) is 4.98 Å². The summed E-state index contributed by atoms with van der Waals surface area (Å²) in [6.07, 6.45) is 1.90. The highest BCUT2D eigenvalue weighted by Gasteiger charge is 2.09. The molecule has 0 aliphatic rings. The maximum Gasteiger partial charge on any atom is 0.134 e. The van der Waals surface area contributed by atoms with Crippen LogP contribution in [0.4, 0.5) is 0 Å². The molecule has 3 rings (SSSR count). The van der Waals surface area contributed by atoms with E-state index in [1.54, 1.807) is 11.3 Å². The largest absolute Gasteiger partial charge is 0.235 e. The molecule has 0 aliphatic carbocycles. The number of halogens is 1. The van der Waals surface area contributed by atoms with Crippen molar-refractivity contribution in [2.45, 2.75) is 6.92 Å². The number of benzene rings is 1. The number of rotatable bonds is 3. The van der Waals surface area contributed by atoms with Gasteiger partial charge in [0.2, 0.25) is 0 Å². The smallest absolute Gasteiger partial charge is 0.134 e. The zero-order valence-electron chi connectivity index (χ0n) is 11.7. The number of nitrogens with zero attached hydrogens (tertiary/aromatic N) is 2. The zero-order valence-corrected chi connectivity index (χ0v) is 14.9. The molecule has 0 saturated carbocycles. The molecule has 0 spiro atoms. The third-order valence-corrected chi connectivity index (χ3v) is 5.43. The standard InChI is InChI=1S/C17H11BrN2S2/c1-11-6-15(21-9-11)7-13(8-19)17-20-16(10-22-17)12-2-4-14(18)5-3-12/h2-7,9-10H,1H3/b13-7+. The van der Waals surface area contributed by atoms with E-state index in [9.17, 15) is 5.26 Å². The summed E-state index contributed by atoms with van der Waals surface area (Å²) in [6.45, 7) is 2.05. The molecule has 0 bridgehead atoms. The van der Waals surface area contributed by atoms with Crippen LogP contribution in [0.2, 0.25) is 0 Å². The quantitative estimate of drug-likeness (QED) is 0.517. The number of aromatic nitrogens is 1. The van der Waals surface area contributed by atoms with Gasteiger partial charge in [-0.25, -0.2) is 4.98 Å². The summed E-state index contributed by atoms with van der Waals surface area (Å²) >= 11 is 6.56. The van der Waals surface area contributed by atoms with Gasteiger partial charge in [-0.2, -0.15) is 5.26 Å². The Labute approximate surface area is 145 Å². The number of thiazole rings is 1. The van der Waals surface area contributed by atoms with Crippen LogP contribution in [0, 0.1) is 18.3 Å². The molecule has 2 heterocycles. The van der Waals surface area contributed by atoms with Crippen LogP contribution in [-0.2, 0) is 0 Å². The Morgan fingerprint density at radius 1 is 1.23 bits per heavy atom. The van der Waals surface area contributed by atoms with Gasteiger partial charge in [-0.15, -0.1) is 22.7 Å². The molecule has 108 valence electrons. The minimum atomic E-state index is 0.607. The van der Waals surface area contributed by atoms with Gasteiger partial charge in [0.15, 0.2) is 0 Å². The first-order chi connectivity index (χ1) is 10.7. The highest BCUT2D eigenvalue weighted by atomic mass is 79.9. The van der Waals surface area contributed by atoms with E-state index in [-0.39, 0.29) is 0 Å². The molecule has 3 aromatic rings. The van der Waals surface area contributed by atoms with E-state index in [1.807, 2.05) is 35.7 Å². The van der Waals surface area contributed by atoms with Gasteiger partial charge in [0.25, 0.3) is 0 Å². The molecular formula is C17H11BrN2S2. The minimum absolute atomic E-state index is 0.607. The molecule has 0 unspecified atom stereocenters. The predicted molar refractivity (Wildman–Crippen MR) is 97.8 cm³/mol. The molecule has 2 nitrogen and oxygen atoms in total. The van der Waals surface area contributed by atoms with Gasteiger partial charge in [0, 0.05) is 20.3 Å². The zero-order chi connectivity index (χ0) is 15.5. The fraction of sp³-hybridized carbons (Fsp3) is 0.0588. The van der Waals surface area contributed by atoms with Crippen molar-refractivity contribution >= 4 is 50.3 Å². The Morgan fingerprint density at radius 3 is 2.64 bits per heavy atom. The number of hydrogen-bond donors (Lipinski definition) is 0. The minimum Gasteiger partial charge on any atom is -0.235 e. The third-order valence-electron chi connectivity index (χ3n) is 3.03. The molecule has 22 heavy (non-hydrogen) atoms. The fourth-order valence-electron chi connectivity index (χ4n) is 1.96. The second-order valence-electron chi connectivity index (χ2n) is 4.74. The summed E-state index contributed by atoms with van der Waals surface area (Å²) < 4.78 is 1.04. The summed E-state index contributed by atoms with van der Waals surface area (Å²) in [7, 11) is 0. The highest BCUT2D eigenvalue weighted by Crippen LogP contribution is 2.29. The number of aryl methyl sites for hydroxylation is 1. The molecule has 0 amide bonds. The van der Waals surface area contributed by atoms with E-state index in [0.29, 0.717) is 5.57 Å².